The fourth-order valence-electron chi connectivity index (χ4n) is 9.68. The molecule has 1 aliphatic rings. The highest BCUT2D eigenvalue weighted by Gasteiger charge is 2.47. The second kappa shape index (κ2) is 55.4. The van der Waals surface area contributed by atoms with E-state index in [1.54, 1.807) is 6.08 Å². The molecule has 79 heavy (non-hydrogen) atoms. The van der Waals surface area contributed by atoms with Crippen molar-refractivity contribution in [3.8, 4) is 0 Å². The Hall–Kier alpha value is -3.16. The quantitative estimate of drug-likeness (QED) is 0.0195. The third-order valence-electron chi connectivity index (χ3n) is 14.8. The van der Waals surface area contributed by atoms with Gasteiger partial charge in [0.25, 0.3) is 0 Å². The summed E-state index contributed by atoms with van der Waals surface area (Å²) >= 11 is 0. The van der Waals surface area contributed by atoms with Gasteiger partial charge >= 0.3 is 5.97 Å². The lowest BCUT2D eigenvalue weighted by Gasteiger charge is -2.41. The van der Waals surface area contributed by atoms with Crippen molar-refractivity contribution < 1.29 is 49.3 Å². The summed E-state index contributed by atoms with van der Waals surface area (Å²) in [6.45, 7) is 5.65. The Bertz CT molecular complexity index is 1610. The van der Waals surface area contributed by atoms with E-state index < -0.39 is 67.4 Å². The summed E-state index contributed by atoms with van der Waals surface area (Å²) < 4.78 is 17.6. The van der Waals surface area contributed by atoms with Crippen LogP contribution in [0.1, 0.15) is 271 Å². The number of allylic oxidation sites excluding steroid dienone is 13. The number of ether oxygens (including phenoxy) is 3. The number of hydrogen-bond donors (Lipinski definition) is 6. The summed E-state index contributed by atoms with van der Waals surface area (Å²) in [5.41, 5.74) is 0. The number of esters is 1. The molecule has 1 heterocycles. The zero-order valence-corrected chi connectivity index (χ0v) is 50.5. The summed E-state index contributed by atoms with van der Waals surface area (Å²) in [6.07, 6.45) is 62.0. The van der Waals surface area contributed by atoms with Gasteiger partial charge in [0.15, 0.2) is 12.4 Å². The van der Waals surface area contributed by atoms with Crippen LogP contribution in [0.15, 0.2) is 85.1 Å². The lowest BCUT2D eigenvalue weighted by atomic mass is 9.99. The van der Waals surface area contributed by atoms with E-state index in [1.807, 2.05) is 18.2 Å². The lowest BCUT2D eigenvalue weighted by molar-refractivity contribution is -0.305. The number of aliphatic hydroxyl groups is 5. The molecule has 8 unspecified atom stereocenters. The molecule has 6 N–H and O–H groups in total. The first-order valence-corrected chi connectivity index (χ1v) is 32.4. The molecule has 1 rings (SSSR count). The molecule has 8 atom stereocenters. The van der Waals surface area contributed by atoms with Gasteiger partial charge in [-0.1, -0.05) is 260 Å². The SMILES string of the molecule is CC/C=C\C/C=C\C/C=C\C/C=C\C/C=C\CCCC(=O)OC1C(OCC(NC(=O)C(O)CCCCCCCCCCCC/C=C/CCCCCCCC)C(O)/C=C/CCCCCCCCCCCCC)OC(CO)C(O)C1O. The second-order valence-corrected chi connectivity index (χ2v) is 22.1. The number of hydrogen-bond acceptors (Lipinski definition) is 10. The summed E-state index contributed by atoms with van der Waals surface area (Å²) in [5.74, 6) is -1.26. The van der Waals surface area contributed by atoms with E-state index in [2.05, 4.69) is 86.8 Å². The standard InChI is InChI=1S/C68H119NO10/c1-4-7-10-13-16-19-22-25-27-29-30-31-33-34-37-40-43-46-49-52-55-61(72)67(76)69-59(60(71)54-51-48-45-42-39-36-24-21-18-15-12-9-6-3)58-77-68-66(65(75)64(74)62(57-70)78-68)79-63(73)56-53-50-47-44-41-38-35-32-28-26-23-20-17-14-11-8-5-2/h8,11,17,20,25-28,35,38,44,47,51,54,59-62,64-66,68,70-72,74-75H,4-7,9-10,12-16,18-19,21-24,29-34,36-37,39-43,45-46,48-50,52-53,55-58H2,1-3H3,(H,69,76)/b11-8-,20-17-,27-25+,28-26-,38-35-,47-44-,54-51+. The van der Waals surface area contributed by atoms with E-state index in [9.17, 15) is 35.1 Å². The number of carbonyl (C=O) groups excluding carboxylic acids is 2. The molecule has 11 heteroatoms. The van der Waals surface area contributed by atoms with Crippen molar-refractivity contribution in [1.82, 2.24) is 5.32 Å². The van der Waals surface area contributed by atoms with E-state index in [-0.39, 0.29) is 19.4 Å². The molecule has 1 aliphatic heterocycles. The summed E-state index contributed by atoms with van der Waals surface area (Å²) in [7, 11) is 0. The maximum absolute atomic E-state index is 13.5. The molecule has 0 radical (unpaired) electrons. The Morgan fingerprint density at radius 3 is 1.38 bits per heavy atom. The van der Waals surface area contributed by atoms with Gasteiger partial charge in [-0.3, -0.25) is 9.59 Å². The van der Waals surface area contributed by atoms with Crippen LogP contribution in [0.4, 0.5) is 0 Å². The number of rotatable bonds is 54. The van der Waals surface area contributed by atoms with Crippen molar-refractivity contribution in [2.24, 2.45) is 0 Å². The lowest BCUT2D eigenvalue weighted by Crippen LogP contribution is -2.61. The predicted octanol–water partition coefficient (Wildman–Crippen LogP) is 15.7. The second-order valence-electron chi connectivity index (χ2n) is 22.1. The Morgan fingerprint density at radius 1 is 0.506 bits per heavy atom. The minimum Gasteiger partial charge on any atom is -0.454 e. The van der Waals surface area contributed by atoms with E-state index >= 15 is 0 Å². The van der Waals surface area contributed by atoms with Crippen molar-refractivity contribution in [2.75, 3.05) is 13.2 Å². The van der Waals surface area contributed by atoms with E-state index in [0.717, 1.165) is 70.6 Å². The molecule has 0 saturated carbocycles. The van der Waals surface area contributed by atoms with Crippen LogP contribution in [0.25, 0.3) is 0 Å². The fourth-order valence-corrected chi connectivity index (χ4v) is 9.68. The van der Waals surface area contributed by atoms with E-state index in [0.29, 0.717) is 19.3 Å². The molecule has 0 bridgehead atoms. The Balaban J connectivity index is 2.70. The molecule has 1 fully saturated rings. The average Bonchev–Trinajstić information content (AvgIpc) is 3.49. The van der Waals surface area contributed by atoms with Crippen molar-refractivity contribution in [3.05, 3.63) is 85.1 Å². The molecule has 1 amide bonds. The normalized spacial score (nSPS) is 19.4. The van der Waals surface area contributed by atoms with Crippen LogP contribution >= 0.6 is 0 Å². The third kappa shape index (κ3) is 43.2. The predicted molar refractivity (Wildman–Crippen MR) is 329 cm³/mol. The molecule has 456 valence electrons. The molecule has 0 aliphatic carbocycles. The fraction of sp³-hybridized carbons (Fsp3) is 0.765. The molecule has 0 aromatic carbocycles. The van der Waals surface area contributed by atoms with Gasteiger partial charge in [-0.25, -0.2) is 0 Å². The summed E-state index contributed by atoms with van der Waals surface area (Å²) in [5, 5.41) is 57.0. The van der Waals surface area contributed by atoms with Crippen LogP contribution in [-0.4, -0.2) is 99.6 Å². The summed E-state index contributed by atoms with van der Waals surface area (Å²) in [6, 6.07) is -1.04. The molecule has 0 aromatic rings. The Labute approximate surface area is 483 Å². The van der Waals surface area contributed by atoms with Crippen LogP contribution in [0.5, 0.6) is 0 Å². The van der Waals surface area contributed by atoms with Crippen molar-refractivity contribution in [3.63, 3.8) is 0 Å². The third-order valence-corrected chi connectivity index (χ3v) is 14.8. The van der Waals surface area contributed by atoms with Gasteiger partial charge < -0.3 is 45.1 Å². The van der Waals surface area contributed by atoms with E-state index in [1.165, 1.54) is 148 Å². The van der Waals surface area contributed by atoms with Gasteiger partial charge in [0.1, 0.15) is 24.4 Å². The first-order valence-electron chi connectivity index (χ1n) is 32.4. The summed E-state index contributed by atoms with van der Waals surface area (Å²) in [4.78, 5) is 26.6. The first-order chi connectivity index (χ1) is 38.7. The van der Waals surface area contributed by atoms with Gasteiger partial charge in [-0.15, -0.1) is 0 Å². The van der Waals surface area contributed by atoms with Crippen LogP contribution in [0.2, 0.25) is 0 Å². The van der Waals surface area contributed by atoms with Gasteiger partial charge in [-0.05, 0) is 89.9 Å². The Morgan fingerprint density at radius 2 is 0.911 bits per heavy atom. The molecular formula is C68H119NO10. The van der Waals surface area contributed by atoms with Gasteiger partial charge in [0.05, 0.1) is 25.4 Å². The van der Waals surface area contributed by atoms with Crippen molar-refractivity contribution >= 4 is 11.9 Å². The van der Waals surface area contributed by atoms with Crippen LogP contribution < -0.4 is 5.32 Å². The minimum atomic E-state index is -1.64. The largest absolute Gasteiger partial charge is 0.454 e. The molecule has 11 nitrogen and oxygen atoms in total. The average molecular weight is 1110 g/mol. The van der Waals surface area contributed by atoms with Gasteiger partial charge in [0.2, 0.25) is 5.91 Å². The van der Waals surface area contributed by atoms with Gasteiger partial charge in [-0.2, -0.15) is 0 Å². The number of amides is 1. The maximum atomic E-state index is 13.5. The molecule has 0 spiro atoms. The molecular weight excluding hydrogens is 991 g/mol. The highest BCUT2D eigenvalue weighted by atomic mass is 16.7. The number of nitrogens with one attached hydrogen (secondary N) is 1. The monoisotopic (exact) mass is 1110 g/mol. The highest BCUT2D eigenvalue weighted by molar-refractivity contribution is 5.80. The van der Waals surface area contributed by atoms with Crippen molar-refractivity contribution in [1.29, 1.82) is 0 Å². The maximum Gasteiger partial charge on any atom is 0.306 e. The molecule has 0 aromatic heterocycles. The molecule has 1 saturated heterocycles. The topological polar surface area (TPSA) is 175 Å². The highest BCUT2D eigenvalue weighted by Crippen LogP contribution is 2.26. The van der Waals surface area contributed by atoms with Crippen LogP contribution in [-0.2, 0) is 23.8 Å². The first kappa shape index (κ1) is 73.9. The number of carbonyl (C=O) groups is 2. The zero-order chi connectivity index (χ0) is 57.5. The smallest absolute Gasteiger partial charge is 0.306 e. The number of aliphatic hydroxyl groups excluding tert-OH is 5. The van der Waals surface area contributed by atoms with Crippen molar-refractivity contribution in [2.45, 2.75) is 320 Å². The Kier molecular flexibility index (Phi) is 51.8. The minimum absolute atomic E-state index is 0.0425. The van der Waals surface area contributed by atoms with Crippen LogP contribution in [0, 0.1) is 0 Å². The van der Waals surface area contributed by atoms with Gasteiger partial charge in [0, 0.05) is 6.42 Å². The van der Waals surface area contributed by atoms with Crippen LogP contribution in [0.3, 0.4) is 0 Å². The van der Waals surface area contributed by atoms with E-state index in [4.69, 9.17) is 14.2 Å². The zero-order valence-electron chi connectivity index (χ0n) is 50.5. The number of unbranched alkanes of at least 4 members (excludes halogenated alkanes) is 28.